The number of hydrogen-bond donors (Lipinski definition) is 1. The second kappa shape index (κ2) is 9.18. The summed E-state index contributed by atoms with van der Waals surface area (Å²) in [5, 5.41) is 9.72. The van der Waals surface area contributed by atoms with Crippen LogP contribution in [0, 0.1) is 6.92 Å². The first-order valence-electron chi connectivity index (χ1n) is 11.9. The Morgan fingerprint density at radius 3 is 2.70 bits per heavy atom. The zero-order valence-electron chi connectivity index (χ0n) is 20.3. The second-order valence-corrected chi connectivity index (χ2v) is 9.51. The molecule has 0 fully saturated rings. The van der Waals surface area contributed by atoms with Crippen LogP contribution in [-0.4, -0.2) is 35.4 Å². The van der Waals surface area contributed by atoms with Crippen molar-refractivity contribution in [1.29, 1.82) is 0 Å². The van der Waals surface area contributed by atoms with Crippen molar-refractivity contribution >= 4 is 45.9 Å². The summed E-state index contributed by atoms with van der Waals surface area (Å²) in [5.41, 5.74) is 5.99. The number of carbonyl (C=O) groups is 2. The molecule has 2 aliphatic heterocycles. The lowest BCUT2D eigenvalue weighted by Crippen LogP contribution is -2.30. The molecule has 0 radical (unpaired) electrons. The van der Waals surface area contributed by atoms with Crippen molar-refractivity contribution in [3.8, 4) is 17.0 Å². The number of aromatic nitrogens is 1. The number of nitrogens with one attached hydrogen (secondary N) is 1. The molecule has 9 heteroatoms. The van der Waals surface area contributed by atoms with Crippen molar-refractivity contribution < 1.29 is 14.3 Å². The molecule has 8 nitrogen and oxygen atoms in total. The minimum atomic E-state index is -0.203. The molecule has 2 aliphatic rings. The van der Waals surface area contributed by atoms with E-state index < -0.39 is 0 Å². The maximum absolute atomic E-state index is 13.4. The molecule has 6 rings (SSSR count). The smallest absolute Gasteiger partial charge is 0.279 e. The fraction of sp³-hybridized carbons (Fsp3) is 0.143. The van der Waals surface area contributed by atoms with Crippen LogP contribution in [0.25, 0.3) is 11.3 Å². The Hall–Kier alpha value is -4.50. The standard InChI is InChI=1S/C28H23N5O3S/c1-3-32-22-11-7-5-9-19(22)26(27(32)35)31-33-23(16-37-28(33)30-20-10-6-4-8-17(20)2)18-12-13-24-21(14-18)29-25(34)15-36-24/h4-14,16H,3,15H2,1-2H3,(H,29,34). The van der Waals surface area contributed by atoms with Crippen LogP contribution in [0.5, 0.6) is 5.75 Å². The number of nitrogens with zero attached hydrogens (tertiary/aromatic N) is 4. The van der Waals surface area contributed by atoms with E-state index >= 15 is 0 Å². The van der Waals surface area contributed by atoms with Gasteiger partial charge in [0.15, 0.2) is 12.3 Å². The Morgan fingerprint density at radius 1 is 1.05 bits per heavy atom. The minimum absolute atomic E-state index is 0.00659. The Kier molecular flexibility index (Phi) is 5.69. The number of ether oxygens (including phenoxy) is 1. The minimum Gasteiger partial charge on any atom is -0.482 e. The maximum atomic E-state index is 13.4. The van der Waals surface area contributed by atoms with Crippen LogP contribution in [0.1, 0.15) is 18.1 Å². The van der Waals surface area contributed by atoms with Gasteiger partial charge in [-0.2, -0.15) is 5.10 Å². The molecule has 0 saturated carbocycles. The molecule has 0 unspecified atom stereocenters. The van der Waals surface area contributed by atoms with Gasteiger partial charge in [0.1, 0.15) is 5.75 Å². The van der Waals surface area contributed by atoms with Crippen molar-refractivity contribution in [2.45, 2.75) is 13.8 Å². The van der Waals surface area contributed by atoms with Gasteiger partial charge in [-0.3, -0.25) is 9.59 Å². The van der Waals surface area contributed by atoms with Crippen molar-refractivity contribution in [1.82, 2.24) is 4.68 Å². The largest absolute Gasteiger partial charge is 0.482 e. The highest BCUT2D eigenvalue weighted by molar-refractivity contribution is 7.07. The molecule has 0 aliphatic carbocycles. The number of likely N-dealkylation sites (N-methyl/N-ethyl adjacent to an activating group) is 1. The number of benzene rings is 3. The van der Waals surface area contributed by atoms with Crippen LogP contribution in [0.4, 0.5) is 17.1 Å². The molecule has 4 aromatic rings. The molecule has 1 N–H and O–H groups in total. The van der Waals surface area contributed by atoms with Crippen molar-refractivity contribution in [3.63, 3.8) is 0 Å². The first-order valence-corrected chi connectivity index (χ1v) is 12.8. The van der Waals surface area contributed by atoms with Crippen LogP contribution in [-0.2, 0) is 9.59 Å². The summed E-state index contributed by atoms with van der Waals surface area (Å²) < 4.78 is 7.24. The highest BCUT2D eigenvalue weighted by Gasteiger charge is 2.33. The van der Waals surface area contributed by atoms with Gasteiger partial charge in [0, 0.05) is 23.1 Å². The Morgan fingerprint density at radius 2 is 1.86 bits per heavy atom. The monoisotopic (exact) mass is 509 g/mol. The number of fused-ring (bicyclic) bond motifs is 2. The van der Waals surface area contributed by atoms with Crippen molar-refractivity contribution in [3.05, 3.63) is 88.0 Å². The van der Waals surface area contributed by atoms with Crippen LogP contribution in [0.15, 0.2) is 82.2 Å². The third-order valence-corrected chi connectivity index (χ3v) is 7.16. The van der Waals surface area contributed by atoms with Crippen LogP contribution in [0.3, 0.4) is 0 Å². The quantitative estimate of drug-likeness (QED) is 0.432. The van der Waals surface area contributed by atoms with E-state index in [-0.39, 0.29) is 18.4 Å². The zero-order valence-corrected chi connectivity index (χ0v) is 21.1. The summed E-state index contributed by atoms with van der Waals surface area (Å²) in [6, 6.07) is 21.1. The van der Waals surface area contributed by atoms with Crippen LogP contribution >= 0.6 is 11.3 Å². The average molecular weight is 510 g/mol. The summed E-state index contributed by atoms with van der Waals surface area (Å²) in [4.78, 5) is 32.6. The molecule has 0 saturated heterocycles. The van der Waals surface area contributed by atoms with Gasteiger partial charge >= 0.3 is 0 Å². The maximum Gasteiger partial charge on any atom is 0.279 e. The molecule has 3 heterocycles. The highest BCUT2D eigenvalue weighted by Crippen LogP contribution is 2.34. The lowest BCUT2D eigenvalue weighted by Gasteiger charge is -2.18. The van der Waals surface area contributed by atoms with E-state index in [0.29, 0.717) is 28.5 Å². The fourth-order valence-corrected chi connectivity index (χ4v) is 5.32. The van der Waals surface area contributed by atoms with Gasteiger partial charge in [-0.1, -0.05) is 36.4 Å². The van der Waals surface area contributed by atoms with Gasteiger partial charge in [-0.15, -0.1) is 11.3 Å². The van der Waals surface area contributed by atoms with Crippen LogP contribution in [0.2, 0.25) is 0 Å². The molecule has 3 aromatic carbocycles. The number of para-hydroxylation sites is 2. The van der Waals surface area contributed by atoms with E-state index in [1.165, 1.54) is 11.3 Å². The molecule has 2 amide bonds. The van der Waals surface area contributed by atoms with Gasteiger partial charge in [-0.05, 0) is 49.7 Å². The number of aryl methyl sites for hydroxylation is 1. The zero-order chi connectivity index (χ0) is 25.5. The van der Waals surface area contributed by atoms with E-state index in [9.17, 15) is 9.59 Å². The fourth-order valence-electron chi connectivity index (χ4n) is 4.48. The van der Waals surface area contributed by atoms with E-state index in [1.807, 2.05) is 86.0 Å². The van der Waals surface area contributed by atoms with Crippen LogP contribution < -0.4 is 19.8 Å². The van der Waals surface area contributed by atoms with Crippen molar-refractivity contribution in [2.24, 2.45) is 10.1 Å². The Labute approximate surface area is 217 Å². The molecular weight excluding hydrogens is 486 g/mol. The van der Waals surface area contributed by atoms with Gasteiger partial charge < -0.3 is 15.0 Å². The average Bonchev–Trinajstić information content (AvgIpc) is 3.42. The second-order valence-electron chi connectivity index (χ2n) is 8.68. The summed E-state index contributed by atoms with van der Waals surface area (Å²) in [6.07, 6.45) is 0. The Balaban J connectivity index is 1.57. The van der Waals surface area contributed by atoms with Crippen molar-refractivity contribution in [2.75, 3.05) is 23.4 Å². The van der Waals surface area contributed by atoms with E-state index in [4.69, 9.17) is 14.8 Å². The molecule has 1 aromatic heterocycles. The van der Waals surface area contributed by atoms with E-state index in [0.717, 1.165) is 33.8 Å². The number of amides is 2. The van der Waals surface area contributed by atoms with Gasteiger partial charge in [0.2, 0.25) is 4.80 Å². The predicted molar refractivity (Wildman–Crippen MR) is 145 cm³/mol. The third-order valence-electron chi connectivity index (χ3n) is 6.34. The molecule has 0 bridgehead atoms. The number of thiazole rings is 1. The van der Waals surface area contributed by atoms with E-state index in [2.05, 4.69) is 5.32 Å². The first kappa shape index (κ1) is 22.9. The highest BCUT2D eigenvalue weighted by atomic mass is 32.1. The van der Waals surface area contributed by atoms with Gasteiger partial charge in [0.05, 0.1) is 22.8 Å². The molecule has 184 valence electrons. The summed E-state index contributed by atoms with van der Waals surface area (Å²) in [7, 11) is 0. The third kappa shape index (κ3) is 4.03. The number of hydrogen-bond acceptors (Lipinski definition) is 6. The summed E-state index contributed by atoms with van der Waals surface area (Å²) in [5.74, 6) is 0.257. The van der Waals surface area contributed by atoms with Gasteiger partial charge in [0.25, 0.3) is 11.8 Å². The topological polar surface area (TPSA) is 88.3 Å². The predicted octanol–water partition coefficient (Wildman–Crippen LogP) is 4.71. The SMILES string of the molecule is CCN1C(=O)C(=Nn2c(-c3ccc4c(c3)NC(=O)CO4)csc2=Nc2ccccc2C)c2ccccc21. The van der Waals surface area contributed by atoms with E-state index in [1.54, 1.807) is 9.58 Å². The lowest BCUT2D eigenvalue weighted by atomic mass is 10.1. The first-order chi connectivity index (χ1) is 18.0. The normalized spacial score (nSPS) is 16.0. The summed E-state index contributed by atoms with van der Waals surface area (Å²) in [6.45, 7) is 4.49. The Bertz CT molecular complexity index is 1670. The lowest BCUT2D eigenvalue weighted by molar-refractivity contribution is -0.118. The number of carbonyl (C=O) groups excluding carboxylic acids is 2. The molecule has 0 atom stereocenters. The van der Waals surface area contributed by atoms with Gasteiger partial charge in [-0.25, -0.2) is 9.67 Å². The molecular formula is C28H23N5O3S. The molecule has 0 spiro atoms. The number of anilines is 2. The number of rotatable bonds is 4. The summed E-state index contributed by atoms with van der Waals surface area (Å²) >= 11 is 1.43. The molecule has 37 heavy (non-hydrogen) atoms.